The van der Waals surface area contributed by atoms with E-state index in [-0.39, 0.29) is 6.61 Å². The maximum atomic E-state index is 9.15. The van der Waals surface area contributed by atoms with Crippen molar-refractivity contribution >= 4 is 27.3 Å². The van der Waals surface area contributed by atoms with Gasteiger partial charge in [0, 0.05) is 18.1 Å². The van der Waals surface area contributed by atoms with E-state index in [1.165, 1.54) is 4.88 Å². The molecule has 5 heteroatoms. The number of halogens is 1. The molecule has 0 saturated carbocycles. The molecule has 0 atom stereocenters. The maximum Gasteiger partial charge on any atom is 0.159 e. The standard InChI is InChI=1S/C9H12BrNO2S/c10-9-11-7(5-12)8(14-9)6-1-3-13-4-2-6/h6,12H,1-5H2. The summed E-state index contributed by atoms with van der Waals surface area (Å²) in [6.07, 6.45) is 2.09. The molecule has 1 saturated heterocycles. The van der Waals surface area contributed by atoms with Crippen molar-refractivity contribution in [3.05, 3.63) is 14.5 Å². The van der Waals surface area contributed by atoms with E-state index < -0.39 is 0 Å². The van der Waals surface area contributed by atoms with E-state index in [1.54, 1.807) is 11.3 Å². The Bertz CT molecular complexity index is 310. The van der Waals surface area contributed by atoms with Gasteiger partial charge in [-0.05, 0) is 34.7 Å². The van der Waals surface area contributed by atoms with Gasteiger partial charge in [0.05, 0.1) is 12.3 Å². The van der Waals surface area contributed by atoms with Crippen molar-refractivity contribution in [2.24, 2.45) is 0 Å². The van der Waals surface area contributed by atoms with Crippen LogP contribution >= 0.6 is 27.3 Å². The zero-order valence-electron chi connectivity index (χ0n) is 7.70. The van der Waals surface area contributed by atoms with Gasteiger partial charge >= 0.3 is 0 Å². The SMILES string of the molecule is OCc1nc(Br)sc1C1CCOCC1. The minimum atomic E-state index is 0.0365. The molecule has 1 aromatic rings. The second kappa shape index (κ2) is 4.70. The van der Waals surface area contributed by atoms with Gasteiger partial charge in [0.25, 0.3) is 0 Å². The fourth-order valence-corrected chi connectivity index (χ4v) is 3.43. The second-order valence-corrected chi connectivity index (χ2v) is 5.63. The van der Waals surface area contributed by atoms with E-state index in [9.17, 15) is 0 Å². The summed E-state index contributed by atoms with van der Waals surface area (Å²) < 4.78 is 6.18. The molecule has 1 fully saturated rings. The third kappa shape index (κ3) is 2.16. The number of thiazole rings is 1. The molecule has 2 rings (SSSR count). The van der Waals surface area contributed by atoms with Crippen LogP contribution in [0.1, 0.15) is 29.3 Å². The minimum absolute atomic E-state index is 0.0365. The lowest BCUT2D eigenvalue weighted by molar-refractivity contribution is 0.0855. The molecular formula is C9H12BrNO2S. The molecule has 1 aromatic heterocycles. The highest BCUT2D eigenvalue weighted by Gasteiger charge is 2.21. The summed E-state index contributed by atoms with van der Waals surface area (Å²) in [6.45, 7) is 1.69. The summed E-state index contributed by atoms with van der Waals surface area (Å²) in [5, 5.41) is 9.15. The zero-order chi connectivity index (χ0) is 9.97. The van der Waals surface area contributed by atoms with Crippen LogP contribution in [0.15, 0.2) is 3.92 Å². The Kier molecular flexibility index (Phi) is 3.54. The number of aromatic nitrogens is 1. The minimum Gasteiger partial charge on any atom is -0.390 e. The summed E-state index contributed by atoms with van der Waals surface area (Å²) in [5.41, 5.74) is 0.828. The quantitative estimate of drug-likeness (QED) is 0.902. The molecule has 0 aliphatic carbocycles. The van der Waals surface area contributed by atoms with Crippen molar-refractivity contribution in [1.82, 2.24) is 4.98 Å². The number of aliphatic hydroxyl groups excluding tert-OH is 1. The average Bonchev–Trinajstić information content (AvgIpc) is 2.61. The van der Waals surface area contributed by atoms with Crippen molar-refractivity contribution in [2.45, 2.75) is 25.4 Å². The van der Waals surface area contributed by atoms with Gasteiger partial charge < -0.3 is 9.84 Å². The van der Waals surface area contributed by atoms with E-state index in [4.69, 9.17) is 9.84 Å². The molecule has 0 unspecified atom stereocenters. The van der Waals surface area contributed by atoms with Crippen LogP contribution in [0.4, 0.5) is 0 Å². The van der Waals surface area contributed by atoms with Crippen molar-refractivity contribution < 1.29 is 9.84 Å². The van der Waals surface area contributed by atoms with Gasteiger partial charge in [0.1, 0.15) is 0 Å². The van der Waals surface area contributed by atoms with Crippen molar-refractivity contribution in [1.29, 1.82) is 0 Å². The van der Waals surface area contributed by atoms with Gasteiger partial charge in [-0.25, -0.2) is 4.98 Å². The molecule has 14 heavy (non-hydrogen) atoms. The lowest BCUT2D eigenvalue weighted by Gasteiger charge is -2.21. The smallest absolute Gasteiger partial charge is 0.159 e. The van der Waals surface area contributed by atoms with Crippen molar-refractivity contribution in [3.8, 4) is 0 Å². The zero-order valence-corrected chi connectivity index (χ0v) is 10.1. The van der Waals surface area contributed by atoms with Crippen LogP contribution < -0.4 is 0 Å². The van der Waals surface area contributed by atoms with Crippen LogP contribution in [-0.4, -0.2) is 23.3 Å². The molecule has 1 aliphatic heterocycles. The molecule has 78 valence electrons. The van der Waals surface area contributed by atoms with Crippen molar-refractivity contribution in [2.75, 3.05) is 13.2 Å². The Hall–Kier alpha value is 0.0300. The highest BCUT2D eigenvalue weighted by molar-refractivity contribution is 9.11. The Labute approximate surface area is 95.3 Å². The molecule has 0 spiro atoms. The Balaban J connectivity index is 2.20. The van der Waals surface area contributed by atoms with Gasteiger partial charge in [-0.1, -0.05) is 0 Å². The van der Waals surface area contributed by atoms with E-state index in [1.807, 2.05) is 0 Å². The first kappa shape index (κ1) is 10.5. The number of rotatable bonds is 2. The number of hydrogen-bond donors (Lipinski definition) is 1. The van der Waals surface area contributed by atoms with Crippen LogP contribution in [-0.2, 0) is 11.3 Å². The first-order valence-electron chi connectivity index (χ1n) is 4.65. The molecule has 1 aliphatic rings. The molecular weight excluding hydrogens is 266 g/mol. The fraction of sp³-hybridized carbons (Fsp3) is 0.667. The van der Waals surface area contributed by atoms with Crippen LogP contribution in [0.3, 0.4) is 0 Å². The number of nitrogens with zero attached hydrogens (tertiary/aromatic N) is 1. The number of hydrogen-bond acceptors (Lipinski definition) is 4. The van der Waals surface area contributed by atoms with Gasteiger partial charge in [-0.3, -0.25) is 0 Å². The van der Waals surface area contributed by atoms with Gasteiger partial charge in [-0.2, -0.15) is 0 Å². The fourth-order valence-electron chi connectivity index (χ4n) is 1.73. The van der Waals surface area contributed by atoms with E-state index in [0.717, 1.165) is 35.7 Å². The van der Waals surface area contributed by atoms with E-state index in [0.29, 0.717) is 5.92 Å². The summed E-state index contributed by atoms with van der Waals surface area (Å²) in [5.74, 6) is 0.523. The molecule has 1 N–H and O–H groups in total. The topological polar surface area (TPSA) is 42.4 Å². The molecule has 0 radical (unpaired) electrons. The summed E-state index contributed by atoms with van der Waals surface area (Å²) >= 11 is 4.99. The van der Waals surface area contributed by atoms with E-state index >= 15 is 0 Å². The Morgan fingerprint density at radius 1 is 1.50 bits per heavy atom. The molecule has 2 heterocycles. The Morgan fingerprint density at radius 3 is 2.86 bits per heavy atom. The molecule has 0 bridgehead atoms. The average molecular weight is 278 g/mol. The molecule has 3 nitrogen and oxygen atoms in total. The first-order chi connectivity index (χ1) is 6.81. The second-order valence-electron chi connectivity index (χ2n) is 3.32. The largest absolute Gasteiger partial charge is 0.390 e. The van der Waals surface area contributed by atoms with Gasteiger partial charge in [0.15, 0.2) is 3.92 Å². The normalized spacial score (nSPS) is 18.7. The molecule has 0 aromatic carbocycles. The van der Waals surface area contributed by atoms with Crippen LogP contribution in [0.25, 0.3) is 0 Å². The van der Waals surface area contributed by atoms with Gasteiger partial charge in [0.2, 0.25) is 0 Å². The van der Waals surface area contributed by atoms with Crippen molar-refractivity contribution in [3.63, 3.8) is 0 Å². The van der Waals surface area contributed by atoms with Crippen LogP contribution in [0.5, 0.6) is 0 Å². The first-order valence-corrected chi connectivity index (χ1v) is 6.26. The molecule has 0 amide bonds. The summed E-state index contributed by atoms with van der Waals surface area (Å²) in [7, 11) is 0. The van der Waals surface area contributed by atoms with Crippen LogP contribution in [0.2, 0.25) is 0 Å². The van der Waals surface area contributed by atoms with Crippen LogP contribution in [0, 0.1) is 0 Å². The highest BCUT2D eigenvalue weighted by atomic mass is 79.9. The maximum absolute atomic E-state index is 9.15. The predicted molar refractivity (Wildman–Crippen MR) is 58.5 cm³/mol. The highest BCUT2D eigenvalue weighted by Crippen LogP contribution is 2.35. The third-order valence-corrected chi connectivity index (χ3v) is 4.15. The Morgan fingerprint density at radius 2 is 2.21 bits per heavy atom. The summed E-state index contributed by atoms with van der Waals surface area (Å²) in [6, 6.07) is 0. The predicted octanol–water partition coefficient (Wildman–Crippen LogP) is 2.29. The van der Waals surface area contributed by atoms with Gasteiger partial charge in [-0.15, -0.1) is 11.3 Å². The lowest BCUT2D eigenvalue weighted by Crippen LogP contribution is -2.14. The number of aliphatic hydroxyl groups is 1. The number of ether oxygens (including phenoxy) is 1. The summed E-state index contributed by atoms with van der Waals surface area (Å²) in [4.78, 5) is 5.47. The van der Waals surface area contributed by atoms with E-state index in [2.05, 4.69) is 20.9 Å². The monoisotopic (exact) mass is 277 g/mol. The third-order valence-electron chi connectivity index (χ3n) is 2.44. The lowest BCUT2D eigenvalue weighted by atomic mass is 9.97.